The monoisotopic (exact) mass is 525 g/mol. The third-order valence-electron chi connectivity index (χ3n) is 6.04. The fourth-order valence-corrected chi connectivity index (χ4v) is 6.23. The first-order valence-corrected chi connectivity index (χ1v) is 14.7. The highest BCUT2D eigenvalue weighted by Gasteiger charge is 2.59. The molecular weight excluding hydrogens is 497 g/mol. The Morgan fingerprint density at radius 2 is 2.00 bits per heavy atom. The van der Waals surface area contributed by atoms with Gasteiger partial charge in [0.25, 0.3) is 0 Å². The number of carbonyl (C=O) groups is 1. The summed E-state index contributed by atoms with van der Waals surface area (Å²) in [6, 6.07) is 4.00. The number of carboxylic acid groups (broad SMARTS) is 1. The summed E-state index contributed by atoms with van der Waals surface area (Å²) in [5.74, 6) is -0.713. The van der Waals surface area contributed by atoms with E-state index in [1.165, 1.54) is 19.1 Å². The lowest BCUT2D eigenvalue weighted by Gasteiger charge is -2.36. The van der Waals surface area contributed by atoms with E-state index in [9.17, 15) is 22.7 Å². The fourth-order valence-electron chi connectivity index (χ4n) is 3.25. The van der Waals surface area contributed by atoms with E-state index in [0.29, 0.717) is 17.5 Å². The molecule has 1 aliphatic heterocycles. The largest absolute Gasteiger partial charge is 0.464 e. The van der Waals surface area contributed by atoms with E-state index in [4.69, 9.17) is 8.61 Å². The summed E-state index contributed by atoms with van der Waals surface area (Å²) < 4.78 is 51.7. The first-order chi connectivity index (χ1) is 13.5. The number of benzene rings is 1. The molecule has 0 radical (unpaired) electrons. The summed E-state index contributed by atoms with van der Waals surface area (Å²) >= 11 is 3.24. The lowest BCUT2D eigenvalue weighted by molar-refractivity contribution is 0.0867. The Balaban J connectivity index is 2.33. The van der Waals surface area contributed by atoms with E-state index < -0.39 is 42.2 Å². The van der Waals surface area contributed by atoms with E-state index in [1.807, 2.05) is 0 Å². The van der Waals surface area contributed by atoms with Crippen molar-refractivity contribution in [3.05, 3.63) is 34.1 Å². The van der Waals surface area contributed by atoms with Crippen molar-refractivity contribution in [2.75, 3.05) is 6.61 Å². The van der Waals surface area contributed by atoms with Crippen LogP contribution in [0.1, 0.15) is 46.1 Å². The van der Waals surface area contributed by atoms with Gasteiger partial charge in [-0.1, -0.05) is 36.7 Å². The quantitative estimate of drug-likeness (QED) is 0.403. The molecule has 0 spiro atoms. The van der Waals surface area contributed by atoms with Gasteiger partial charge in [-0.15, -0.1) is 0 Å². The zero-order valence-corrected chi connectivity index (χ0v) is 21.4. The fraction of sp³-hybridized carbons (Fsp3) is 0.632. The van der Waals surface area contributed by atoms with Crippen LogP contribution in [0.25, 0.3) is 0 Å². The summed E-state index contributed by atoms with van der Waals surface area (Å²) in [6.45, 7) is 12.3. The van der Waals surface area contributed by atoms with Crippen LogP contribution in [0.5, 0.6) is 0 Å². The van der Waals surface area contributed by atoms with Crippen molar-refractivity contribution in [2.45, 2.75) is 70.3 Å². The SMILES string of the molecule is CC1(c2cc(Br)ccc2F)C(CCCO[Si](C)(C)C(C)(C)C)OS(=O)(=O)N1C(=O)O. The second-order valence-electron chi connectivity index (χ2n) is 9.11. The zero-order valence-electron chi connectivity index (χ0n) is 18.0. The zero-order chi connectivity index (χ0) is 23.1. The van der Waals surface area contributed by atoms with E-state index in [0.717, 1.165) is 6.07 Å². The van der Waals surface area contributed by atoms with Gasteiger partial charge < -0.3 is 9.53 Å². The second kappa shape index (κ2) is 8.49. The van der Waals surface area contributed by atoms with Gasteiger partial charge >= 0.3 is 16.4 Å². The smallest absolute Gasteiger partial charge is 0.423 e. The van der Waals surface area contributed by atoms with Gasteiger partial charge in [0.15, 0.2) is 8.32 Å². The van der Waals surface area contributed by atoms with E-state index in [1.54, 1.807) is 0 Å². The van der Waals surface area contributed by atoms with E-state index in [2.05, 4.69) is 49.8 Å². The molecular formula is C19H29BrFNO6SSi. The van der Waals surface area contributed by atoms with Gasteiger partial charge in [-0.05, 0) is 56.1 Å². The van der Waals surface area contributed by atoms with Crippen LogP contribution in [0.4, 0.5) is 9.18 Å². The molecule has 1 amide bonds. The van der Waals surface area contributed by atoms with Crippen molar-refractivity contribution in [3.63, 3.8) is 0 Å². The molecule has 30 heavy (non-hydrogen) atoms. The maximum atomic E-state index is 14.7. The summed E-state index contributed by atoms with van der Waals surface area (Å²) in [7, 11) is -6.58. The molecule has 1 fully saturated rings. The Kier molecular flexibility index (Phi) is 7.15. The molecule has 0 bridgehead atoms. The number of nitrogens with zero attached hydrogens (tertiary/aromatic N) is 1. The van der Waals surface area contributed by atoms with E-state index in [-0.39, 0.29) is 21.3 Å². The lowest BCUT2D eigenvalue weighted by Crippen LogP contribution is -2.49. The average molecular weight is 526 g/mol. The molecule has 7 nitrogen and oxygen atoms in total. The van der Waals surface area contributed by atoms with Crippen LogP contribution < -0.4 is 0 Å². The number of hydrogen-bond donors (Lipinski definition) is 1. The predicted molar refractivity (Wildman–Crippen MR) is 117 cm³/mol. The van der Waals surface area contributed by atoms with Crippen molar-refractivity contribution in [3.8, 4) is 0 Å². The van der Waals surface area contributed by atoms with Crippen molar-refractivity contribution in [2.24, 2.45) is 0 Å². The Labute approximate surface area is 187 Å². The Bertz CT molecular complexity index is 920. The first-order valence-electron chi connectivity index (χ1n) is 9.60. The molecule has 1 N–H and O–H groups in total. The minimum atomic E-state index is -4.59. The van der Waals surface area contributed by atoms with Crippen LogP contribution in [0.3, 0.4) is 0 Å². The molecule has 1 aliphatic rings. The summed E-state index contributed by atoms with van der Waals surface area (Å²) in [6.07, 6.45) is -2.20. The number of hydrogen-bond acceptors (Lipinski definition) is 5. The molecule has 2 unspecified atom stereocenters. The molecule has 1 heterocycles. The maximum absolute atomic E-state index is 14.7. The molecule has 2 rings (SSSR count). The molecule has 1 saturated heterocycles. The van der Waals surface area contributed by atoms with Gasteiger partial charge in [0.05, 0.1) is 0 Å². The number of halogens is 2. The predicted octanol–water partition coefficient (Wildman–Crippen LogP) is 5.23. The van der Waals surface area contributed by atoms with Crippen LogP contribution in [-0.4, -0.2) is 45.0 Å². The molecule has 0 saturated carbocycles. The summed E-state index contributed by atoms with van der Waals surface area (Å²) in [5, 5.41) is 9.63. The minimum Gasteiger partial charge on any atom is -0.464 e. The van der Waals surface area contributed by atoms with Crippen molar-refractivity contribution >= 4 is 40.6 Å². The van der Waals surface area contributed by atoms with Crippen molar-refractivity contribution in [1.29, 1.82) is 0 Å². The van der Waals surface area contributed by atoms with Crippen LogP contribution in [0.2, 0.25) is 18.1 Å². The van der Waals surface area contributed by atoms with Crippen LogP contribution in [0, 0.1) is 5.82 Å². The second-order valence-corrected chi connectivity index (χ2v) is 16.3. The highest BCUT2D eigenvalue weighted by atomic mass is 79.9. The van der Waals surface area contributed by atoms with Crippen molar-refractivity contribution in [1.82, 2.24) is 4.31 Å². The van der Waals surface area contributed by atoms with Gasteiger partial charge in [0.1, 0.15) is 17.5 Å². The standard InChI is InChI=1S/C19H29BrFNO6SSi/c1-18(2,3)30(5,6)27-11-7-8-16-19(4,14-12-13(20)9-10-15(14)21)22(17(23)24)29(25,26)28-16/h9-10,12,16H,7-8,11H2,1-6H3,(H,23,24). The van der Waals surface area contributed by atoms with Gasteiger partial charge in [-0.3, -0.25) is 0 Å². The molecule has 0 aliphatic carbocycles. The third kappa shape index (κ3) is 4.74. The minimum absolute atomic E-state index is 0.0221. The highest BCUT2D eigenvalue weighted by Crippen LogP contribution is 2.46. The Morgan fingerprint density at radius 1 is 1.40 bits per heavy atom. The average Bonchev–Trinajstić information content (AvgIpc) is 2.79. The Hall–Kier alpha value is -1.01. The molecule has 2 atom stereocenters. The molecule has 170 valence electrons. The topological polar surface area (TPSA) is 93.1 Å². The first kappa shape index (κ1) is 25.2. The number of rotatable bonds is 6. The lowest BCUT2D eigenvalue weighted by atomic mass is 9.84. The normalized spacial score (nSPS) is 24.3. The van der Waals surface area contributed by atoms with Gasteiger partial charge in [0, 0.05) is 16.6 Å². The summed E-state index contributed by atoms with van der Waals surface area (Å²) in [4.78, 5) is 11.8. The van der Waals surface area contributed by atoms with Gasteiger partial charge in [0.2, 0.25) is 0 Å². The van der Waals surface area contributed by atoms with E-state index >= 15 is 0 Å². The molecule has 11 heteroatoms. The molecule has 0 aromatic heterocycles. The Morgan fingerprint density at radius 3 is 2.53 bits per heavy atom. The molecule has 1 aromatic rings. The van der Waals surface area contributed by atoms with Gasteiger partial charge in [-0.2, -0.15) is 12.7 Å². The number of amides is 1. The van der Waals surface area contributed by atoms with Crippen LogP contribution >= 0.6 is 15.9 Å². The third-order valence-corrected chi connectivity index (χ3v) is 12.5. The summed E-state index contributed by atoms with van der Waals surface area (Å²) in [5.41, 5.74) is -1.83. The van der Waals surface area contributed by atoms with Gasteiger partial charge in [-0.25, -0.2) is 13.4 Å². The highest BCUT2D eigenvalue weighted by molar-refractivity contribution is 9.10. The van der Waals surface area contributed by atoms with Crippen molar-refractivity contribution < 1.29 is 31.3 Å². The van der Waals surface area contributed by atoms with Crippen LogP contribution in [-0.2, 0) is 24.5 Å². The molecule has 1 aromatic carbocycles. The van der Waals surface area contributed by atoms with Crippen LogP contribution in [0.15, 0.2) is 22.7 Å². The maximum Gasteiger partial charge on any atom is 0.423 e.